The van der Waals surface area contributed by atoms with Crippen LogP contribution in [0.15, 0.2) is 38.0 Å². The van der Waals surface area contributed by atoms with Crippen LogP contribution in [0.4, 0.5) is 0 Å². The van der Waals surface area contributed by atoms with Crippen molar-refractivity contribution in [2.75, 3.05) is 13.2 Å². The van der Waals surface area contributed by atoms with Gasteiger partial charge in [0.2, 0.25) is 0 Å². The van der Waals surface area contributed by atoms with E-state index >= 15 is 0 Å². The first kappa shape index (κ1) is 34.0. The average molecular weight is 364 g/mol. The van der Waals surface area contributed by atoms with Crippen LogP contribution in [-0.2, 0) is 14.4 Å². The molecule has 8 nitrogen and oxygen atoms in total. The molecule has 0 aliphatic carbocycles. The Bertz CT molecular complexity index is 324. The van der Waals surface area contributed by atoms with Crippen molar-refractivity contribution < 1.29 is 39.9 Å². The van der Waals surface area contributed by atoms with Crippen LogP contribution >= 0.6 is 0 Å². The Morgan fingerprint density at radius 2 is 0.880 bits per heavy atom. The molecule has 8 heteroatoms. The van der Waals surface area contributed by atoms with Crippen LogP contribution in [0.5, 0.6) is 0 Å². The van der Waals surface area contributed by atoms with Crippen LogP contribution < -0.4 is 0 Å². The van der Waals surface area contributed by atoms with Gasteiger partial charge in [0, 0.05) is 23.6 Å². The maximum Gasteiger partial charge on any atom is 0.327 e. The van der Waals surface area contributed by atoms with Crippen molar-refractivity contribution in [1.29, 1.82) is 0 Å². The van der Waals surface area contributed by atoms with Gasteiger partial charge in [-0.3, -0.25) is 0 Å². The molecule has 0 aliphatic rings. The summed E-state index contributed by atoms with van der Waals surface area (Å²) >= 11 is 0. The highest BCUT2D eigenvalue weighted by Crippen LogP contribution is 2.10. The van der Waals surface area contributed by atoms with Gasteiger partial charge in [0.25, 0.3) is 0 Å². The number of carbonyl (C=O) groups is 3. The van der Waals surface area contributed by atoms with E-state index in [1.165, 1.54) is 6.42 Å². The second kappa shape index (κ2) is 26.4. The van der Waals surface area contributed by atoms with Crippen molar-refractivity contribution in [2.24, 2.45) is 5.41 Å². The van der Waals surface area contributed by atoms with Gasteiger partial charge in [0.1, 0.15) is 0 Å². The molecule has 5 N–H and O–H groups in total. The van der Waals surface area contributed by atoms with E-state index in [-0.39, 0.29) is 18.6 Å². The van der Waals surface area contributed by atoms with Gasteiger partial charge in [-0.25, -0.2) is 14.4 Å². The standard InChI is InChI=1S/C5H12O2.3C3H4O2.C3H8/c1-5(2,3-6)4-7;3*1-2-3(4)5;1-3-2/h6-7H,3-4H2,1-2H3;3*2H,1H2,(H,4,5);3H2,1-2H3. The van der Waals surface area contributed by atoms with Crippen LogP contribution in [0.25, 0.3) is 0 Å². The lowest BCUT2D eigenvalue weighted by Gasteiger charge is -2.16. The number of aliphatic hydroxyl groups excluding tert-OH is 2. The quantitative estimate of drug-likeness (QED) is 0.465. The molecule has 0 spiro atoms. The highest BCUT2D eigenvalue weighted by Gasteiger charge is 2.13. The van der Waals surface area contributed by atoms with E-state index in [9.17, 15) is 14.4 Å². The molecule has 148 valence electrons. The first-order valence-corrected chi connectivity index (χ1v) is 7.13. The Morgan fingerprint density at radius 3 is 0.880 bits per heavy atom. The largest absolute Gasteiger partial charge is 0.478 e. The average Bonchev–Trinajstić information content (AvgIpc) is 2.57. The lowest BCUT2D eigenvalue weighted by Crippen LogP contribution is -2.20. The number of aliphatic carboxylic acids is 3. The predicted octanol–water partition coefficient (Wildman–Crippen LogP) is 2.18. The molecule has 0 aromatic heterocycles. The first-order chi connectivity index (χ1) is 11.3. The van der Waals surface area contributed by atoms with Gasteiger partial charge in [-0.15, -0.1) is 0 Å². The molecule has 0 fully saturated rings. The minimum absolute atomic E-state index is 0.0451. The Labute approximate surface area is 149 Å². The van der Waals surface area contributed by atoms with Gasteiger partial charge < -0.3 is 25.5 Å². The molecule has 0 saturated heterocycles. The molecule has 0 heterocycles. The number of hydrogen-bond acceptors (Lipinski definition) is 5. The summed E-state index contributed by atoms with van der Waals surface area (Å²) in [6.45, 7) is 16.8. The van der Waals surface area contributed by atoms with Gasteiger partial charge in [0.05, 0.1) is 13.2 Å². The molecule has 25 heavy (non-hydrogen) atoms. The van der Waals surface area contributed by atoms with Crippen molar-refractivity contribution in [3.8, 4) is 0 Å². The van der Waals surface area contributed by atoms with E-state index in [0.29, 0.717) is 0 Å². The summed E-state index contributed by atoms with van der Waals surface area (Å²) in [4.78, 5) is 27.8. The summed E-state index contributed by atoms with van der Waals surface area (Å²) in [5, 5.41) is 39.7. The fourth-order valence-corrected chi connectivity index (χ4v) is 0.0500. The molecular weight excluding hydrogens is 332 g/mol. The Kier molecular flexibility index (Phi) is 36.0. The Hall–Kier alpha value is -2.45. The molecule has 0 atom stereocenters. The van der Waals surface area contributed by atoms with Gasteiger partial charge in [-0.2, -0.15) is 0 Å². The van der Waals surface area contributed by atoms with Gasteiger partial charge >= 0.3 is 17.9 Å². The van der Waals surface area contributed by atoms with E-state index in [1.807, 2.05) is 0 Å². The van der Waals surface area contributed by atoms with Crippen molar-refractivity contribution >= 4 is 17.9 Å². The molecular formula is C17H32O8. The van der Waals surface area contributed by atoms with Gasteiger partial charge in [-0.05, 0) is 0 Å². The maximum absolute atomic E-state index is 9.25. The van der Waals surface area contributed by atoms with E-state index in [4.69, 9.17) is 25.5 Å². The fraction of sp³-hybridized carbons (Fsp3) is 0.471. The Morgan fingerprint density at radius 1 is 0.760 bits per heavy atom. The SMILES string of the molecule is C=CC(=O)O.C=CC(=O)O.C=CC(=O)O.CC(C)(CO)CO.CCC. The summed E-state index contributed by atoms with van der Waals surface area (Å²) < 4.78 is 0. The van der Waals surface area contributed by atoms with Crippen molar-refractivity contribution in [1.82, 2.24) is 0 Å². The summed E-state index contributed by atoms with van der Waals surface area (Å²) in [7, 11) is 0. The van der Waals surface area contributed by atoms with Crippen molar-refractivity contribution in [3.05, 3.63) is 38.0 Å². The molecule has 0 aromatic rings. The van der Waals surface area contributed by atoms with Crippen LogP contribution in [0.3, 0.4) is 0 Å². The predicted molar refractivity (Wildman–Crippen MR) is 97.4 cm³/mol. The highest BCUT2D eigenvalue weighted by molar-refractivity contribution is 5.79. The zero-order chi connectivity index (χ0) is 21.5. The minimum atomic E-state index is -0.981. The maximum atomic E-state index is 9.25. The first-order valence-electron chi connectivity index (χ1n) is 7.13. The third-order valence-corrected chi connectivity index (χ3v) is 1.38. The van der Waals surface area contributed by atoms with Gasteiger partial charge in [0.15, 0.2) is 0 Å². The van der Waals surface area contributed by atoms with Crippen LogP contribution in [0.2, 0.25) is 0 Å². The number of rotatable bonds is 5. The van der Waals surface area contributed by atoms with Crippen LogP contribution in [-0.4, -0.2) is 56.7 Å². The number of hydrogen-bond donors (Lipinski definition) is 5. The van der Waals surface area contributed by atoms with E-state index in [2.05, 4.69) is 33.6 Å². The lowest BCUT2D eigenvalue weighted by molar-refractivity contribution is -0.132. The molecule has 0 rings (SSSR count). The normalized spacial score (nSPS) is 7.92. The monoisotopic (exact) mass is 364 g/mol. The van der Waals surface area contributed by atoms with E-state index in [1.54, 1.807) is 13.8 Å². The number of aliphatic hydroxyl groups is 2. The summed E-state index contributed by atoms with van der Waals surface area (Å²) in [6, 6.07) is 0. The molecule has 0 saturated carbocycles. The van der Waals surface area contributed by atoms with Crippen LogP contribution in [0.1, 0.15) is 34.1 Å². The van der Waals surface area contributed by atoms with Crippen LogP contribution in [0, 0.1) is 5.41 Å². The zero-order valence-electron chi connectivity index (χ0n) is 15.4. The van der Waals surface area contributed by atoms with E-state index < -0.39 is 17.9 Å². The summed E-state index contributed by atoms with van der Waals surface area (Å²) in [6.07, 6.45) is 3.75. The van der Waals surface area contributed by atoms with Crippen molar-refractivity contribution in [2.45, 2.75) is 34.1 Å². The van der Waals surface area contributed by atoms with Crippen molar-refractivity contribution in [3.63, 3.8) is 0 Å². The molecule has 0 bridgehead atoms. The smallest absolute Gasteiger partial charge is 0.327 e. The summed E-state index contributed by atoms with van der Waals surface area (Å²) in [5.41, 5.74) is -0.306. The fourth-order valence-electron chi connectivity index (χ4n) is 0.0500. The Balaban J connectivity index is -0.0000000683. The second-order valence-electron chi connectivity index (χ2n) is 4.81. The molecule has 0 aliphatic heterocycles. The molecule has 0 amide bonds. The third-order valence-electron chi connectivity index (χ3n) is 1.38. The lowest BCUT2D eigenvalue weighted by atomic mass is 9.97. The second-order valence-corrected chi connectivity index (χ2v) is 4.81. The minimum Gasteiger partial charge on any atom is -0.478 e. The molecule has 0 unspecified atom stereocenters. The van der Waals surface area contributed by atoms with E-state index in [0.717, 1.165) is 18.2 Å². The molecule has 0 radical (unpaired) electrons. The third kappa shape index (κ3) is 90.3. The molecule has 0 aromatic carbocycles. The topological polar surface area (TPSA) is 152 Å². The summed E-state index contributed by atoms with van der Waals surface area (Å²) in [5.74, 6) is -2.94. The zero-order valence-corrected chi connectivity index (χ0v) is 15.4. The highest BCUT2D eigenvalue weighted by atomic mass is 16.4. The number of carboxylic acids is 3. The van der Waals surface area contributed by atoms with Gasteiger partial charge in [-0.1, -0.05) is 53.9 Å². The number of carboxylic acid groups (broad SMARTS) is 3.